The van der Waals surface area contributed by atoms with E-state index in [0.29, 0.717) is 13.2 Å². The van der Waals surface area contributed by atoms with Crippen molar-refractivity contribution in [2.24, 2.45) is 5.73 Å². The Morgan fingerprint density at radius 1 is 1.05 bits per heavy atom. The minimum absolute atomic E-state index is 0.545. The van der Waals surface area contributed by atoms with Gasteiger partial charge in [0.15, 0.2) is 0 Å². The van der Waals surface area contributed by atoms with Gasteiger partial charge < -0.3 is 10.5 Å². The van der Waals surface area contributed by atoms with Gasteiger partial charge in [-0.2, -0.15) is 0 Å². The largest absolute Gasteiger partial charge is 0.489 e. The molecule has 0 unspecified atom stereocenters. The van der Waals surface area contributed by atoms with Gasteiger partial charge in [0.25, 0.3) is 0 Å². The quantitative estimate of drug-likeness (QED) is 0.800. The molecule has 2 N–H and O–H groups in total. The van der Waals surface area contributed by atoms with E-state index in [1.54, 1.807) is 0 Å². The highest BCUT2D eigenvalue weighted by Gasteiger charge is 2.04. The van der Waals surface area contributed by atoms with Crippen LogP contribution >= 0.6 is 0 Å². The number of benzene rings is 2. The fourth-order valence-corrected chi connectivity index (χ4v) is 1.95. The summed E-state index contributed by atoms with van der Waals surface area (Å²) in [7, 11) is 0. The number of allylic oxidation sites excluding steroid dienone is 1. The number of rotatable bonds is 6. The fourth-order valence-electron chi connectivity index (χ4n) is 1.95. The van der Waals surface area contributed by atoms with Crippen LogP contribution in [-0.2, 0) is 19.6 Å². The summed E-state index contributed by atoms with van der Waals surface area (Å²) in [6, 6.07) is 16.2. The lowest BCUT2D eigenvalue weighted by Gasteiger charge is -2.12. The van der Waals surface area contributed by atoms with Crippen LogP contribution in [0, 0.1) is 0 Å². The second-order valence-corrected chi connectivity index (χ2v) is 4.41. The fraction of sp³-hybridized carbons (Fsp3) is 0.176. The van der Waals surface area contributed by atoms with E-state index in [2.05, 4.69) is 24.8 Å². The topological polar surface area (TPSA) is 35.2 Å². The van der Waals surface area contributed by atoms with Gasteiger partial charge in [-0.3, -0.25) is 0 Å². The molecule has 0 aliphatic heterocycles. The molecule has 0 bridgehead atoms. The van der Waals surface area contributed by atoms with Crippen molar-refractivity contribution in [3.8, 4) is 5.75 Å². The Labute approximate surface area is 114 Å². The van der Waals surface area contributed by atoms with Crippen LogP contribution in [0.25, 0.3) is 0 Å². The van der Waals surface area contributed by atoms with Gasteiger partial charge in [-0.15, -0.1) is 6.58 Å². The molecule has 0 spiro atoms. The zero-order valence-electron chi connectivity index (χ0n) is 11.0. The van der Waals surface area contributed by atoms with Gasteiger partial charge in [-0.1, -0.05) is 48.5 Å². The van der Waals surface area contributed by atoms with Crippen molar-refractivity contribution in [1.82, 2.24) is 0 Å². The van der Waals surface area contributed by atoms with E-state index in [1.165, 1.54) is 0 Å². The first-order chi connectivity index (χ1) is 9.33. The molecule has 0 heterocycles. The molecule has 0 aliphatic carbocycles. The highest BCUT2D eigenvalue weighted by molar-refractivity contribution is 5.38. The van der Waals surface area contributed by atoms with Crippen LogP contribution in [0.5, 0.6) is 5.75 Å². The van der Waals surface area contributed by atoms with Gasteiger partial charge in [-0.05, 0) is 29.2 Å². The van der Waals surface area contributed by atoms with E-state index in [4.69, 9.17) is 10.5 Å². The van der Waals surface area contributed by atoms with Crippen molar-refractivity contribution in [3.05, 3.63) is 77.9 Å². The Bertz CT molecular complexity index is 534. The Morgan fingerprint density at radius 3 is 2.53 bits per heavy atom. The van der Waals surface area contributed by atoms with Gasteiger partial charge in [0.2, 0.25) is 0 Å². The Morgan fingerprint density at radius 2 is 1.84 bits per heavy atom. The molecular formula is C17H19NO. The Kier molecular flexibility index (Phi) is 4.76. The van der Waals surface area contributed by atoms with Crippen molar-refractivity contribution < 1.29 is 4.74 Å². The number of hydrogen-bond donors (Lipinski definition) is 1. The first-order valence-electron chi connectivity index (χ1n) is 6.43. The maximum absolute atomic E-state index is 5.89. The molecule has 2 rings (SSSR count). The predicted octanol–water partition coefficient (Wildman–Crippen LogP) is 3.45. The van der Waals surface area contributed by atoms with Crippen LogP contribution < -0.4 is 10.5 Å². The van der Waals surface area contributed by atoms with E-state index >= 15 is 0 Å². The zero-order valence-corrected chi connectivity index (χ0v) is 11.0. The lowest BCUT2D eigenvalue weighted by Crippen LogP contribution is -2.01. The predicted molar refractivity (Wildman–Crippen MR) is 79.0 cm³/mol. The van der Waals surface area contributed by atoms with Crippen molar-refractivity contribution in [1.29, 1.82) is 0 Å². The summed E-state index contributed by atoms with van der Waals surface area (Å²) < 4.78 is 5.89. The van der Waals surface area contributed by atoms with Crippen molar-refractivity contribution >= 4 is 0 Å². The highest BCUT2D eigenvalue weighted by atomic mass is 16.5. The SMILES string of the molecule is C=CCc1cc(CN)ccc1OCc1ccccc1. The molecule has 0 saturated carbocycles. The van der Waals surface area contributed by atoms with Gasteiger partial charge in [-0.25, -0.2) is 0 Å². The minimum atomic E-state index is 0.545. The molecule has 0 amide bonds. The van der Waals surface area contributed by atoms with Gasteiger partial charge in [0, 0.05) is 6.54 Å². The van der Waals surface area contributed by atoms with Gasteiger partial charge >= 0.3 is 0 Å². The van der Waals surface area contributed by atoms with Gasteiger partial charge in [0.1, 0.15) is 12.4 Å². The molecule has 2 aromatic carbocycles. The van der Waals surface area contributed by atoms with E-state index in [9.17, 15) is 0 Å². The Balaban J connectivity index is 2.12. The Hall–Kier alpha value is -2.06. The van der Waals surface area contributed by atoms with Crippen LogP contribution in [0.3, 0.4) is 0 Å². The van der Waals surface area contributed by atoms with Crippen LogP contribution in [0.1, 0.15) is 16.7 Å². The second kappa shape index (κ2) is 6.76. The normalized spacial score (nSPS) is 10.2. The number of nitrogens with two attached hydrogens (primary N) is 1. The van der Waals surface area contributed by atoms with Crippen molar-refractivity contribution in [3.63, 3.8) is 0 Å². The maximum atomic E-state index is 5.89. The second-order valence-electron chi connectivity index (χ2n) is 4.41. The zero-order chi connectivity index (χ0) is 13.5. The molecule has 0 fully saturated rings. The number of ether oxygens (including phenoxy) is 1. The molecule has 2 nitrogen and oxygen atoms in total. The van der Waals surface area contributed by atoms with Crippen molar-refractivity contribution in [2.75, 3.05) is 0 Å². The lowest BCUT2D eigenvalue weighted by atomic mass is 10.1. The standard InChI is InChI=1S/C17H19NO/c1-2-6-16-11-15(12-18)9-10-17(16)19-13-14-7-4-3-5-8-14/h2-5,7-11H,1,6,12-13,18H2. The van der Waals surface area contributed by atoms with E-state index in [1.807, 2.05) is 36.4 Å². The lowest BCUT2D eigenvalue weighted by molar-refractivity contribution is 0.303. The molecule has 19 heavy (non-hydrogen) atoms. The maximum Gasteiger partial charge on any atom is 0.123 e. The van der Waals surface area contributed by atoms with Crippen LogP contribution in [-0.4, -0.2) is 0 Å². The average Bonchev–Trinajstić information content (AvgIpc) is 2.47. The smallest absolute Gasteiger partial charge is 0.123 e. The third-order valence-corrected chi connectivity index (χ3v) is 2.96. The molecule has 98 valence electrons. The highest BCUT2D eigenvalue weighted by Crippen LogP contribution is 2.22. The molecule has 2 heteroatoms. The van der Waals surface area contributed by atoms with Gasteiger partial charge in [0.05, 0.1) is 0 Å². The third-order valence-electron chi connectivity index (χ3n) is 2.96. The summed E-state index contributed by atoms with van der Waals surface area (Å²) >= 11 is 0. The first kappa shape index (κ1) is 13.4. The average molecular weight is 253 g/mol. The van der Waals surface area contributed by atoms with Crippen LogP contribution in [0.4, 0.5) is 0 Å². The minimum Gasteiger partial charge on any atom is -0.489 e. The molecule has 0 atom stereocenters. The molecule has 0 aliphatic rings. The molecule has 0 radical (unpaired) electrons. The molecule has 0 saturated heterocycles. The summed E-state index contributed by atoms with van der Waals surface area (Å²) in [5.74, 6) is 0.904. The summed E-state index contributed by atoms with van der Waals surface area (Å²) in [4.78, 5) is 0. The molecular weight excluding hydrogens is 234 g/mol. The third kappa shape index (κ3) is 3.70. The van der Waals surface area contributed by atoms with Crippen LogP contribution in [0.15, 0.2) is 61.2 Å². The van der Waals surface area contributed by atoms with E-state index in [0.717, 1.165) is 28.9 Å². The monoisotopic (exact) mass is 253 g/mol. The van der Waals surface area contributed by atoms with Crippen molar-refractivity contribution in [2.45, 2.75) is 19.6 Å². The van der Waals surface area contributed by atoms with Crippen LogP contribution in [0.2, 0.25) is 0 Å². The van der Waals surface area contributed by atoms with E-state index in [-0.39, 0.29) is 0 Å². The summed E-state index contributed by atoms with van der Waals surface area (Å²) in [5, 5.41) is 0. The molecule has 0 aromatic heterocycles. The summed E-state index contributed by atoms with van der Waals surface area (Å²) in [6.45, 7) is 4.91. The van der Waals surface area contributed by atoms with E-state index < -0.39 is 0 Å². The summed E-state index contributed by atoms with van der Waals surface area (Å²) in [5.41, 5.74) is 9.07. The first-order valence-corrected chi connectivity index (χ1v) is 6.43. The summed E-state index contributed by atoms with van der Waals surface area (Å²) in [6.07, 6.45) is 2.67. The number of hydrogen-bond acceptors (Lipinski definition) is 2. The molecule has 2 aromatic rings.